The second-order valence-corrected chi connectivity index (χ2v) is 7.91. The Morgan fingerprint density at radius 2 is 1.79 bits per heavy atom. The third kappa shape index (κ3) is 3.26. The van der Waals surface area contributed by atoms with E-state index in [2.05, 4.69) is 19.8 Å². The molecule has 1 saturated carbocycles. The highest BCUT2D eigenvalue weighted by Crippen LogP contribution is 2.41. The van der Waals surface area contributed by atoms with Gasteiger partial charge in [-0.05, 0) is 51.5 Å². The maximum Gasteiger partial charge on any atom is 0.225 e. The predicted molar refractivity (Wildman–Crippen MR) is 90.3 cm³/mol. The first-order valence-corrected chi connectivity index (χ1v) is 9.28. The maximum absolute atomic E-state index is 13.1. The molecule has 1 aromatic heterocycles. The van der Waals surface area contributed by atoms with Crippen molar-refractivity contribution in [2.45, 2.75) is 57.1 Å². The topological polar surface area (TPSA) is 52.5 Å². The molecule has 3 fully saturated rings. The normalized spacial score (nSPS) is 34.8. The van der Waals surface area contributed by atoms with Gasteiger partial charge in [0.25, 0.3) is 0 Å². The summed E-state index contributed by atoms with van der Waals surface area (Å²) in [4.78, 5) is 13.2. The first kappa shape index (κ1) is 16.2. The summed E-state index contributed by atoms with van der Waals surface area (Å²) in [6.45, 7) is 4.25. The fourth-order valence-corrected chi connectivity index (χ4v) is 4.89. The fraction of sp³-hybridized carbons (Fsp3) is 0.778. The number of piperidine rings is 1. The van der Waals surface area contributed by atoms with Crippen LogP contribution in [-0.2, 0) is 0 Å². The van der Waals surface area contributed by atoms with Crippen molar-refractivity contribution in [2.24, 2.45) is 5.41 Å². The summed E-state index contributed by atoms with van der Waals surface area (Å²) in [5.41, 5.74) is 0.325. The summed E-state index contributed by atoms with van der Waals surface area (Å²) in [5, 5.41) is 9.73. The zero-order valence-electron chi connectivity index (χ0n) is 14.2. The number of halogens is 1. The molecule has 6 heteroatoms. The molecule has 5 nitrogen and oxygen atoms in total. The van der Waals surface area contributed by atoms with Crippen molar-refractivity contribution in [3.05, 3.63) is 18.2 Å². The molecule has 0 bridgehead atoms. The van der Waals surface area contributed by atoms with Crippen molar-refractivity contribution in [2.75, 3.05) is 31.1 Å². The van der Waals surface area contributed by atoms with Crippen LogP contribution >= 0.6 is 0 Å². The molecule has 0 amide bonds. The van der Waals surface area contributed by atoms with E-state index < -0.39 is 0 Å². The minimum absolute atomic E-state index is 0.0846. The number of hydrogen-bond acceptors (Lipinski definition) is 5. The van der Waals surface area contributed by atoms with Crippen molar-refractivity contribution in [1.29, 1.82) is 0 Å². The van der Waals surface area contributed by atoms with Crippen LogP contribution in [-0.4, -0.2) is 58.3 Å². The van der Waals surface area contributed by atoms with Gasteiger partial charge in [0.15, 0.2) is 5.82 Å². The first-order chi connectivity index (χ1) is 11.6. The third-order valence-electron chi connectivity index (χ3n) is 6.20. The van der Waals surface area contributed by atoms with Crippen LogP contribution < -0.4 is 4.90 Å². The number of aromatic nitrogens is 2. The summed E-state index contributed by atoms with van der Waals surface area (Å²) in [6, 6.07) is 0.644. The lowest BCUT2D eigenvalue weighted by Crippen LogP contribution is -2.47. The van der Waals surface area contributed by atoms with Gasteiger partial charge in [-0.25, -0.2) is 14.4 Å². The van der Waals surface area contributed by atoms with Gasteiger partial charge in [-0.3, -0.25) is 4.90 Å². The van der Waals surface area contributed by atoms with E-state index in [1.807, 2.05) is 0 Å². The highest BCUT2D eigenvalue weighted by atomic mass is 19.1. The van der Waals surface area contributed by atoms with Crippen molar-refractivity contribution in [3.8, 4) is 0 Å². The van der Waals surface area contributed by atoms with Crippen LogP contribution in [0.25, 0.3) is 0 Å². The van der Waals surface area contributed by atoms with Gasteiger partial charge in [-0.1, -0.05) is 0 Å². The Bertz CT molecular complexity index is 561. The van der Waals surface area contributed by atoms with Crippen LogP contribution in [0.5, 0.6) is 0 Å². The Hall–Kier alpha value is -1.27. The van der Waals surface area contributed by atoms with E-state index >= 15 is 0 Å². The van der Waals surface area contributed by atoms with Crippen molar-refractivity contribution in [3.63, 3.8) is 0 Å². The molecule has 1 spiro atoms. The molecule has 0 aromatic carbocycles. The van der Waals surface area contributed by atoms with Gasteiger partial charge in [-0.2, -0.15) is 0 Å². The number of aliphatic hydroxyl groups excluding tert-OH is 1. The zero-order chi connectivity index (χ0) is 16.6. The minimum Gasteiger partial charge on any atom is -0.393 e. The third-order valence-corrected chi connectivity index (χ3v) is 6.20. The lowest BCUT2D eigenvalue weighted by Gasteiger charge is -2.41. The zero-order valence-corrected chi connectivity index (χ0v) is 14.2. The smallest absolute Gasteiger partial charge is 0.225 e. The second-order valence-electron chi connectivity index (χ2n) is 7.91. The molecular formula is C18H27FN4O. The Morgan fingerprint density at radius 3 is 2.54 bits per heavy atom. The average molecular weight is 334 g/mol. The number of hydrogen-bond donors (Lipinski definition) is 1. The van der Waals surface area contributed by atoms with E-state index in [1.165, 1.54) is 31.8 Å². The largest absolute Gasteiger partial charge is 0.393 e. The Labute approximate surface area is 142 Å². The highest BCUT2D eigenvalue weighted by molar-refractivity contribution is 5.30. The van der Waals surface area contributed by atoms with Crippen LogP contribution in [0.4, 0.5) is 10.3 Å². The molecule has 4 rings (SSSR count). The highest BCUT2D eigenvalue weighted by Gasteiger charge is 2.43. The molecule has 0 unspecified atom stereocenters. The quantitative estimate of drug-likeness (QED) is 0.899. The first-order valence-electron chi connectivity index (χ1n) is 9.28. The van der Waals surface area contributed by atoms with Crippen LogP contribution in [0.3, 0.4) is 0 Å². The molecule has 24 heavy (non-hydrogen) atoms. The summed E-state index contributed by atoms with van der Waals surface area (Å²) in [5.74, 6) is 0.284. The van der Waals surface area contributed by atoms with Crippen LogP contribution in [0.2, 0.25) is 0 Å². The van der Waals surface area contributed by atoms with Crippen LogP contribution in [0.1, 0.15) is 44.9 Å². The number of nitrogens with zero attached hydrogens (tertiary/aromatic N) is 4. The molecular weight excluding hydrogens is 307 g/mol. The Kier molecular flexibility index (Phi) is 4.43. The molecule has 3 aliphatic rings. The average Bonchev–Trinajstić information content (AvgIpc) is 2.99. The van der Waals surface area contributed by atoms with Gasteiger partial charge in [0.05, 0.1) is 18.5 Å². The SMILES string of the molecule is O[C@H]1CC[C@@H](N2CC[C@]3(CCCN(c4ncc(F)cn4)C3)C2)CC1. The van der Waals surface area contributed by atoms with E-state index in [9.17, 15) is 9.50 Å². The van der Waals surface area contributed by atoms with E-state index in [-0.39, 0.29) is 11.9 Å². The standard InChI is InChI=1S/C18H27FN4O/c19-14-10-20-17(21-11-14)23-8-1-6-18(13-23)7-9-22(12-18)15-2-4-16(24)5-3-15/h10-11,15-16,24H,1-9,12-13H2/t15-,16+,18-/m1/s1. The number of likely N-dealkylation sites (tertiary alicyclic amines) is 1. The van der Waals surface area contributed by atoms with Gasteiger partial charge < -0.3 is 10.0 Å². The summed E-state index contributed by atoms with van der Waals surface area (Å²) in [7, 11) is 0. The van der Waals surface area contributed by atoms with Gasteiger partial charge in [0.2, 0.25) is 5.95 Å². The van der Waals surface area contributed by atoms with Gasteiger partial charge in [0, 0.05) is 31.1 Å². The van der Waals surface area contributed by atoms with Crippen molar-refractivity contribution >= 4 is 5.95 Å². The van der Waals surface area contributed by atoms with E-state index in [1.54, 1.807) is 0 Å². The Morgan fingerprint density at radius 1 is 1.04 bits per heavy atom. The summed E-state index contributed by atoms with van der Waals surface area (Å²) >= 11 is 0. The molecule has 1 atom stereocenters. The lowest BCUT2D eigenvalue weighted by molar-refractivity contribution is 0.0770. The van der Waals surface area contributed by atoms with E-state index in [0.29, 0.717) is 17.4 Å². The molecule has 3 heterocycles. The molecule has 0 radical (unpaired) electrons. The number of aliphatic hydroxyl groups is 1. The van der Waals surface area contributed by atoms with Crippen molar-refractivity contribution < 1.29 is 9.50 Å². The van der Waals surface area contributed by atoms with Gasteiger partial charge >= 0.3 is 0 Å². The molecule has 2 saturated heterocycles. The Balaban J connectivity index is 1.41. The van der Waals surface area contributed by atoms with Gasteiger partial charge in [0.1, 0.15) is 0 Å². The van der Waals surface area contributed by atoms with Gasteiger partial charge in [-0.15, -0.1) is 0 Å². The second kappa shape index (κ2) is 6.56. The molecule has 132 valence electrons. The lowest BCUT2D eigenvalue weighted by atomic mass is 9.79. The number of anilines is 1. The van der Waals surface area contributed by atoms with Crippen LogP contribution in [0, 0.1) is 11.2 Å². The minimum atomic E-state index is -0.378. The van der Waals surface area contributed by atoms with E-state index in [0.717, 1.165) is 51.7 Å². The fourth-order valence-electron chi connectivity index (χ4n) is 4.89. The molecule has 2 aliphatic heterocycles. The monoisotopic (exact) mass is 334 g/mol. The molecule has 1 aliphatic carbocycles. The van der Waals surface area contributed by atoms with Crippen molar-refractivity contribution in [1.82, 2.24) is 14.9 Å². The molecule has 1 N–H and O–H groups in total. The summed E-state index contributed by atoms with van der Waals surface area (Å²) in [6.07, 6.45) is 10.2. The number of rotatable bonds is 2. The predicted octanol–water partition coefficient (Wildman–Crippen LogP) is 2.21. The summed E-state index contributed by atoms with van der Waals surface area (Å²) < 4.78 is 13.1. The molecule has 1 aromatic rings. The maximum atomic E-state index is 13.1. The van der Waals surface area contributed by atoms with Crippen LogP contribution in [0.15, 0.2) is 12.4 Å². The van der Waals surface area contributed by atoms with E-state index in [4.69, 9.17) is 0 Å².